The molecule has 1 fully saturated rings. The molecule has 0 aromatic carbocycles. The van der Waals surface area contributed by atoms with Crippen LogP contribution in [0.3, 0.4) is 0 Å². The van der Waals surface area contributed by atoms with E-state index in [-0.39, 0.29) is 5.79 Å². The van der Waals surface area contributed by atoms with E-state index in [1.54, 1.807) is 0 Å². The van der Waals surface area contributed by atoms with Crippen molar-refractivity contribution in [3.8, 4) is 0 Å². The van der Waals surface area contributed by atoms with Crippen LogP contribution in [0.15, 0.2) is 0 Å². The predicted octanol–water partition coefficient (Wildman–Crippen LogP) is 2.80. The van der Waals surface area contributed by atoms with Gasteiger partial charge in [0.1, 0.15) is 0 Å². The molecule has 1 unspecified atom stereocenters. The van der Waals surface area contributed by atoms with Gasteiger partial charge in [0, 0.05) is 28.4 Å². The Morgan fingerprint density at radius 1 is 1.14 bits per heavy atom. The van der Waals surface area contributed by atoms with Gasteiger partial charge in [-0.05, 0) is 19.9 Å². The van der Waals surface area contributed by atoms with Crippen LogP contribution in [-0.2, 0) is 9.47 Å². The molecule has 1 rings (SSSR count). The maximum absolute atomic E-state index is 5.86. The van der Waals surface area contributed by atoms with Crippen LogP contribution >= 0.6 is 0 Å². The van der Waals surface area contributed by atoms with Crippen LogP contribution in [0.4, 0.5) is 0 Å². The lowest BCUT2D eigenvalue weighted by Crippen LogP contribution is -2.43. The molecule has 0 aromatic rings. The summed E-state index contributed by atoms with van der Waals surface area (Å²) in [6, 6.07) is 4.10. The molecular formula is C11H24O2Si. The van der Waals surface area contributed by atoms with E-state index < -0.39 is 8.80 Å². The summed E-state index contributed by atoms with van der Waals surface area (Å²) in [6.45, 7) is 8.02. The van der Waals surface area contributed by atoms with Crippen LogP contribution in [0, 0.1) is 0 Å². The second-order valence-corrected chi connectivity index (χ2v) is 7.68. The maximum Gasteiger partial charge on any atom is 0.165 e. The summed E-state index contributed by atoms with van der Waals surface area (Å²) >= 11 is 0. The molecule has 1 aliphatic rings. The SMILES string of the molecule is CCOC1(OCC)CCC[SiH](CC)C1. The first-order valence-corrected chi connectivity index (χ1v) is 8.49. The van der Waals surface area contributed by atoms with Gasteiger partial charge in [0.05, 0.1) is 0 Å². The number of hydrogen-bond donors (Lipinski definition) is 0. The third-order valence-corrected chi connectivity index (χ3v) is 6.74. The third-order valence-electron chi connectivity index (χ3n) is 3.16. The molecule has 0 aliphatic carbocycles. The smallest absolute Gasteiger partial charge is 0.165 e. The lowest BCUT2D eigenvalue weighted by Gasteiger charge is -2.39. The summed E-state index contributed by atoms with van der Waals surface area (Å²) in [6.07, 6.45) is 2.42. The maximum atomic E-state index is 5.86. The second kappa shape index (κ2) is 5.88. The molecule has 0 bridgehead atoms. The molecule has 0 saturated carbocycles. The summed E-state index contributed by atoms with van der Waals surface area (Å²) in [7, 11) is -0.544. The second-order valence-electron chi connectivity index (χ2n) is 4.15. The minimum atomic E-state index is -0.544. The van der Waals surface area contributed by atoms with Crippen molar-refractivity contribution >= 4 is 8.80 Å². The zero-order valence-corrected chi connectivity index (χ0v) is 11.0. The first kappa shape index (κ1) is 12.2. The minimum absolute atomic E-state index is 0.186. The van der Waals surface area contributed by atoms with Crippen LogP contribution in [0.2, 0.25) is 18.1 Å². The van der Waals surface area contributed by atoms with Gasteiger partial charge in [0.25, 0.3) is 0 Å². The number of ether oxygens (including phenoxy) is 2. The summed E-state index contributed by atoms with van der Waals surface area (Å²) in [5.74, 6) is -0.186. The highest BCUT2D eigenvalue weighted by atomic mass is 28.3. The molecule has 14 heavy (non-hydrogen) atoms. The van der Waals surface area contributed by atoms with Gasteiger partial charge in [-0.1, -0.05) is 25.4 Å². The molecule has 3 heteroatoms. The Labute approximate surface area is 89.6 Å². The number of hydrogen-bond acceptors (Lipinski definition) is 2. The van der Waals surface area contributed by atoms with Crippen molar-refractivity contribution < 1.29 is 9.47 Å². The normalized spacial score (nSPS) is 26.4. The molecule has 1 saturated heterocycles. The largest absolute Gasteiger partial charge is 0.351 e. The van der Waals surface area contributed by atoms with Crippen molar-refractivity contribution in [2.45, 2.75) is 57.5 Å². The molecule has 2 nitrogen and oxygen atoms in total. The van der Waals surface area contributed by atoms with Crippen LogP contribution in [0.25, 0.3) is 0 Å². The van der Waals surface area contributed by atoms with Crippen LogP contribution in [0.1, 0.15) is 33.6 Å². The fourth-order valence-electron chi connectivity index (χ4n) is 2.48. The van der Waals surface area contributed by atoms with Crippen molar-refractivity contribution in [3.05, 3.63) is 0 Å². The quantitative estimate of drug-likeness (QED) is 0.520. The first-order valence-electron chi connectivity index (χ1n) is 6.04. The van der Waals surface area contributed by atoms with Gasteiger partial charge < -0.3 is 9.47 Å². The minimum Gasteiger partial charge on any atom is -0.351 e. The van der Waals surface area contributed by atoms with E-state index >= 15 is 0 Å². The van der Waals surface area contributed by atoms with E-state index in [2.05, 4.69) is 20.8 Å². The van der Waals surface area contributed by atoms with Crippen molar-refractivity contribution in [2.24, 2.45) is 0 Å². The Kier molecular flexibility index (Phi) is 5.13. The summed E-state index contributed by atoms with van der Waals surface area (Å²) in [5, 5.41) is 0. The molecule has 0 aromatic heterocycles. The van der Waals surface area contributed by atoms with Gasteiger partial charge in [0.15, 0.2) is 5.79 Å². The lowest BCUT2D eigenvalue weighted by molar-refractivity contribution is -0.226. The molecule has 1 aliphatic heterocycles. The molecule has 0 radical (unpaired) electrons. The van der Waals surface area contributed by atoms with Crippen LogP contribution < -0.4 is 0 Å². The Balaban J connectivity index is 2.55. The van der Waals surface area contributed by atoms with E-state index in [0.717, 1.165) is 19.6 Å². The molecular weight excluding hydrogens is 192 g/mol. The van der Waals surface area contributed by atoms with Gasteiger partial charge in [-0.3, -0.25) is 0 Å². The lowest BCUT2D eigenvalue weighted by atomic mass is 10.1. The summed E-state index contributed by atoms with van der Waals surface area (Å²) in [5.41, 5.74) is 0. The van der Waals surface area contributed by atoms with Gasteiger partial charge in [-0.2, -0.15) is 0 Å². The molecule has 0 amide bonds. The summed E-state index contributed by atoms with van der Waals surface area (Å²) < 4.78 is 11.7. The molecule has 1 heterocycles. The van der Waals surface area contributed by atoms with E-state index in [4.69, 9.17) is 9.47 Å². The van der Waals surface area contributed by atoms with Crippen molar-refractivity contribution in [1.82, 2.24) is 0 Å². The van der Waals surface area contributed by atoms with E-state index in [1.807, 2.05) is 0 Å². The Morgan fingerprint density at radius 2 is 1.79 bits per heavy atom. The average Bonchev–Trinajstić information content (AvgIpc) is 2.19. The standard InChI is InChI=1S/C11H24O2Si/c1-4-12-11(13-5-2)8-7-9-14(6-3)10-11/h14H,4-10H2,1-3H3. The Hall–Kier alpha value is 0.137. The highest BCUT2D eigenvalue weighted by Gasteiger charge is 2.37. The third kappa shape index (κ3) is 3.07. The fourth-order valence-corrected chi connectivity index (χ4v) is 5.48. The zero-order chi connectivity index (χ0) is 10.4. The molecule has 0 N–H and O–H groups in total. The van der Waals surface area contributed by atoms with E-state index in [9.17, 15) is 0 Å². The van der Waals surface area contributed by atoms with Crippen molar-refractivity contribution in [1.29, 1.82) is 0 Å². The van der Waals surface area contributed by atoms with Gasteiger partial charge >= 0.3 is 0 Å². The highest BCUT2D eigenvalue weighted by Crippen LogP contribution is 2.34. The van der Waals surface area contributed by atoms with Gasteiger partial charge in [-0.25, -0.2) is 0 Å². The highest BCUT2D eigenvalue weighted by molar-refractivity contribution is 6.59. The zero-order valence-electron chi connectivity index (χ0n) is 9.84. The molecule has 1 atom stereocenters. The van der Waals surface area contributed by atoms with Crippen LogP contribution in [0.5, 0.6) is 0 Å². The topological polar surface area (TPSA) is 18.5 Å². The van der Waals surface area contributed by atoms with Crippen LogP contribution in [-0.4, -0.2) is 27.8 Å². The van der Waals surface area contributed by atoms with Crippen molar-refractivity contribution in [2.75, 3.05) is 13.2 Å². The first-order chi connectivity index (χ1) is 6.76. The van der Waals surface area contributed by atoms with E-state index in [0.29, 0.717) is 0 Å². The van der Waals surface area contributed by atoms with Gasteiger partial charge in [-0.15, -0.1) is 0 Å². The predicted molar refractivity (Wildman–Crippen MR) is 62.5 cm³/mol. The number of rotatable bonds is 5. The summed E-state index contributed by atoms with van der Waals surface area (Å²) in [4.78, 5) is 0. The Bertz CT molecular complexity index is 150. The molecule has 84 valence electrons. The van der Waals surface area contributed by atoms with Crippen molar-refractivity contribution in [3.63, 3.8) is 0 Å². The van der Waals surface area contributed by atoms with E-state index in [1.165, 1.54) is 24.6 Å². The fraction of sp³-hybridized carbons (Fsp3) is 1.00. The monoisotopic (exact) mass is 216 g/mol. The Morgan fingerprint density at radius 3 is 2.29 bits per heavy atom. The molecule has 0 spiro atoms. The average molecular weight is 216 g/mol. The van der Waals surface area contributed by atoms with Gasteiger partial charge in [0.2, 0.25) is 0 Å².